The predicted octanol–water partition coefficient (Wildman–Crippen LogP) is 14.2. The van der Waals surface area contributed by atoms with Crippen molar-refractivity contribution in [3.05, 3.63) is 205 Å². The number of aromatic nitrogens is 1. The van der Waals surface area contributed by atoms with Crippen LogP contribution < -0.4 is 9.80 Å². The number of benzene rings is 8. The molecule has 1 N–H and O–H groups in total. The first-order chi connectivity index (χ1) is 26.1. The zero-order valence-electron chi connectivity index (χ0n) is 29.9. The Labute approximate surface area is 311 Å². The molecule has 0 aliphatic heterocycles. The quantitative estimate of drug-likeness (QED) is 0.172. The highest BCUT2D eigenvalue weighted by atomic mass is 15.1. The maximum atomic E-state index is 3.69. The molecule has 8 aromatic carbocycles. The Morgan fingerprint density at radius 3 is 0.981 bits per heavy atom. The van der Waals surface area contributed by atoms with Crippen molar-refractivity contribution >= 4 is 55.9 Å². The molecule has 0 fully saturated rings. The predicted molar refractivity (Wildman–Crippen MR) is 226 cm³/mol. The van der Waals surface area contributed by atoms with Crippen LogP contribution in [0, 0.1) is 13.8 Å². The molecule has 1 heterocycles. The minimum atomic E-state index is 1.13. The highest BCUT2D eigenvalue weighted by Gasteiger charge is 2.17. The van der Waals surface area contributed by atoms with E-state index in [1.165, 1.54) is 44.2 Å². The Kier molecular flexibility index (Phi) is 8.30. The standard InChI is InChI=1S/C50H39N3/c1-35-27-39(31-45(29-35)52(41-15-7-3-8-16-41)42-17-9-4-10-18-42)37-23-25-49-47(33-37)48-34-38(24-26-50(48)51-49)40-28-36(2)30-46(32-40)53(43-19-11-5-12-20-43)44-21-13-6-14-22-44/h3-34,51H,1-2H3. The molecule has 0 atom stereocenters. The molecular formula is C50H39N3. The third kappa shape index (κ3) is 6.34. The molecule has 0 unspecified atom stereocenters. The van der Waals surface area contributed by atoms with Gasteiger partial charge in [0.1, 0.15) is 0 Å². The number of H-pyrrole nitrogens is 1. The van der Waals surface area contributed by atoms with Crippen LogP contribution >= 0.6 is 0 Å². The van der Waals surface area contributed by atoms with Gasteiger partial charge in [-0.15, -0.1) is 0 Å². The highest BCUT2D eigenvalue weighted by Crippen LogP contribution is 2.40. The molecule has 9 rings (SSSR count). The second-order valence-corrected chi connectivity index (χ2v) is 13.8. The number of fused-ring (bicyclic) bond motifs is 3. The number of nitrogens with zero attached hydrogens (tertiary/aromatic N) is 2. The van der Waals surface area contributed by atoms with Gasteiger partial charge in [-0.25, -0.2) is 0 Å². The fourth-order valence-electron chi connectivity index (χ4n) is 7.58. The summed E-state index contributed by atoms with van der Waals surface area (Å²) in [6.07, 6.45) is 0. The molecule has 0 spiro atoms. The summed E-state index contributed by atoms with van der Waals surface area (Å²) in [6, 6.07) is 69.8. The largest absolute Gasteiger partial charge is 0.355 e. The van der Waals surface area contributed by atoms with Crippen molar-refractivity contribution in [1.82, 2.24) is 4.98 Å². The maximum Gasteiger partial charge on any atom is 0.0470 e. The molecule has 0 saturated carbocycles. The van der Waals surface area contributed by atoms with Crippen LogP contribution in [0.4, 0.5) is 34.1 Å². The summed E-state index contributed by atoms with van der Waals surface area (Å²) in [6.45, 7) is 4.37. The fraction of sp³-hybridized carbons (Fsp3) is 0.0400. The number of hydrogen-bond acceptors (Lipinski definition) is 2. The topological polar surface area (TPSA) is 22.3 Å². The van der Waals surface area contributed by atoms with Gasteiger partial charge in [0.2, 0.25) is 0 Å². The Hall–Kier alpha value is -6.84. The second-order valence-electron chi connectivity index (χ2n) is 13.8. The van der Waals surface area contributed by atoms with E-state index in [0.29, 0.717) is 0 Å². The van der Waals surface area contributed by atoms with E-state index in [-0.39, 0.29) is 0 Å². The maximum absolute atomic E-state index is 3.69. The van der Waals surface area contributed by atoms with Gasteiger partial charge >= 0.3 is 0 Å². The first kappa shape index (κ1) is 32.1. The minimum absolute atomic E-state index is 1.13. The Morgan fingerprint density at radius 2 is 0.642 bits per heavy atom. The molecule has 0 aliphatic carbocycles. The molecule has 0 amide bonds. The number of nitrogens with one attached hydrogen (secondary N) is 1. The summed E-state index contributed by atoms with van der Waals surface area (Å²) in [5.74, 6) is 0. The van der Waals surface area contributed by atoms with Crippen molar-refractivity contribution < 1.29 is 0 Å². The van der Waals surface area contributed by atoms with Crippen molar-refractivity contribution in [1.29, 1.82) is 0 Å². The summed E-state index contributed by atoms with van der Waals surface area (Å²) in [4.78, 5) is 8.35. The van der Waals surface area contributed by atoms with Crippen molar-refractivity contribution in [3.63, 3.8) is 0 Å². The van der Waals surface area contributed by atoms with E-state index in [2.05, 4.69) is 223 Å². The van der Waals surface area contributed by atoms with Gasteiger partial charge in [-0.3, -0.25) is 0 Å². The lowest BCUT2D eigenvalue weighted by Crippen LogP contribution is -2.10. The van der Waals surface area contributed by atoms with Gasteiger partial charge in [-0.05, 0) is 144 Å². The van der Waals surface area contributed by atoms with E-state index in [1.54, 1.807) is 0 Å². The van der Waals surface area contributed by atoms with Crippen LogP contribution in [-0.4, -0.2) is 4.98 Å². The molecule has 0 saturated heterocycles. The number of aryl methyl sites for hydroxylation is 2. The Morgan fingerprint density at radius 1 is 0.302 bits per heavy atom. The van der Waals surface area contributed by atoms with Gasteiger partial charge in [0.15, 0.2) is 0 Å². The molecule has 53 heavy (non-hydrogen) atoms. The molecule has 0 radical (unpaired) electrons. The van der Waals surface area contributed by atoms with Crippen molar-refractivity contribution in [2.75, 3.05) is 9.80 Å². The normalized spacial score (nSPS) is 11.2. The third-order valence-electron chi connectivity index (χ3n) is 9.96. The zero-order chi connectivity index (χ0) is 35.7. The monoisotopic (exact) mass is 681 g/mol. The van der Waals surface area contributed by atoms with Crippen LogP contribution in [0.15, 0.2) is 194 Å². The lowest BCUT2D eigenvalue weighted by molar-refractivity contribution is 1.27. The van der Waals surface area contributed by atoms with Crippen LogP contribution in [0.5, 0.6) is 0 Å². The van der Waals surface area contributed by atoms with Crippen LogP contribution in [-0.2, 0) is 0 Å². The van der Waals surface area contributed by atoms with Crippen LogP contribution in [0.3, 0.4) is 0 Å². The third-order valence-corrected chi connectivity index (χ3v) is 9.96. The average Bonchev–Trinajstić information content (AvgIpc) is 3.57. The molecule has 3 heteroatoms. The summed E-state index contributed by atoms with van der Waals surface area (Å²) in [5, 5.41) is 2.43. The molecule has 0 bridgehead atoms. The van der Waals surface area contributed by atoms with Crippen molar-refractivity contribution in [2.24, 2.45) is 0 Å². The molecule has 3 nitrogen and oxygen atoms in total. The summed E-state index contributed by atoms with van der Waals surface area (Å²) < 4.78 is 0. The van der Waals surface area contributed by atoms with E-state index < -0.39 is 0 Å². The molecule has 1 aromatic heterocycles. The fourth-order valence-corrected chi connectivity index (χ4v) is 7.58. The summed E-state index contributed by atoms with van der Waals surface area (Å²) in [7, 11) is 0. The molecular weight excluding hydrogens is 643 g/mol. The van der Waals surface area contributed by atoms with Gasteiger partial charge < -0.3 is 14.8 Å². The lowest BCUT2D eigenvalue weighted by atomic mass is 9.97. The van der Waals surface area contributed by atoms with Crippen LogP contribution in [0.2, 0.25) is 0 Å². The van der Waals surface area contributed by atoms with Crippen molar-refractivity contribution in [3.8, 4) is 22.3 Å². The van der Waals surface area contributed by atoms with Gasteiger partial charge in [-0.2, -0.15) is 0 Å². The first-order valence-corrected chi connectivity index (χ1v) is 18.2. The van der Waals surface area contributed by atoms with Gasteiger partial charge in [0.25, 0.3) is 0 Å². The van der Waals surface area contributed by atoms with E-state index in [0.717, 1.165) is 45.2 Å². The summed E-state index contributed by atoms with van der Waals surface area (Å²) >= 11 is 0. The lowest BCUT2D eigenvalue weighted by Gasteiger charge is -2.26. The number of hydrogen-bond donors (Lipinski definition) is 1. The highest BCUT2D eigenvalue weighted by molar-refractivity contribution is 6.10. The van der Waals surface area contributed by atoms with E-state index >= 15 is 0 Å². The first-order valence-electron chi connectivity index (χ1n) is 18.2. The zero-order valence-corrected chi connectivity index (χ0v) is 29.9. The molecule has 9 aromatic rings. The second kappa shape index (κ2) is 13.7. The van der Waals surface area contributed by atoms with Crippen LogP contribution in [0.25, 0.3) is 44.1 Å². The number of anilines is 6. The Balaban J connectivity index is 1.13. The van der Waals surface area contributed by atoms with E-state index in [9.17, 15) is 0 Å². The Bertz CT molecular complexity index is 2420. The van der Waals surface area contributed by atoms with Gasteiger partial charge in [0.05, 0.1) is 0 Å². The number of rotatable bonds is 8. The number of para-hydroxylation sites is 4. The number of aromatic amines is 1. The van der Waals surface area contributed by atoms with E-state index in [4.69, 9.17) is 0 Å². The van der Waals surface area contributed by atoms with Crippen LogP contribution in [0.1, 0.15) is 11.1 Å². The minimum Gasteiger partial charge on any atom is -0.355 e. The molecule has 254 valence electrons. The smallest absolute Gasteiger partial charge is 0.0470 e. The summed E-state index contributed by atoms with van der Waals surface area (Å²) in [5.41, 5.74) is 16.2. The average molecular weight is 682 g/mol. The van der Waals surface area contributed by atoms with E-state index in [1.807, 2.05) is 0 Å². The van der Waals surface area contributed by atoms with Crippen molar-refractivity contribution in [2.45, 2.75) is 13.8 Å². The SMILES string of the molecule is Cc1cc(-c2ccc3[nH]c4ccc(-c5cc(C)cc(N(c6ccccc6)c6ccccc6)c5)cc4c3c2)cc(N(c2ccccc2)c2ccccc2)c1. The molecule has 0 aliphatic rings. The van der Waals surface area contributed by atoms with Gasteiger partial charge in [0, 0.05) is 55.9 Å². The van der Waals surface area contributed by atoms with Gasteiger partial charge in [-0.1, -0.05) is 97.1 Å².